The minimum atomic E-state index is 0.00617. The molecule has 3 heteroatoms. The van der Waals surface area contributed by atoms with E-state index < -0.39 is 0 Å². The van der Waals surface area contributed by atoms with Crippen LogP contribution in [0.15, 0.2) is 24.5 Å². The zero-order valence-electron chi connectivity index (χ0n) is 9.90. The SMILES string of the molecule is CC(C)(C)c1ncc2c(CC=O)cccn12. The predicted molar refractivity (Wildman–Crippen MR) is 63.7 cm³/mol. The molecule has 0 saturated heterocycles. The van der Waals surface area contributed by atoms with Gasteiger partial charge in [-0.25, -0.2) is 4.98 Å². The van der Waals surface area contributed by atoms with Gasteiger partial charge in [-0.15, -0.1) is 0 Å². The van der Waals surface area contributed by atoms with Crippen LogP contribution in [0.3, 0.4) is 0 Å². The van der Waals surface area contributed by atoms with Gasteiger partial charge in [-0.2, -0.15) is 0 Å². The third-order valence-corrected chi connectivity index (χ3v) is 2.63. The van der Waals surface area contributed by atoms with Gasteiger partial charge >= 0.3 is 0 Å². The van der Waals surface area contributed by atoms with Gasteiger partial charge in [0.2, 0.25) is 0 Å². The quantitative estimate of drug-likeness (QED) is 0.722. The van der Waals surface area contributed by atoms with Crippen molar-refractivity contribution in [1.82, 2.24) is 9.38 Å². The van der Waals surface area contributed by atoms with Gasteiger partial charge in [-0.05, 0) is 11.6 Å². The fraction of sp³-hybridized carbons (Fsp3) is 0.385. The molecular formula is C13H16N2O. The van der Waals surface area contributed by atoms with Crippen LogP contribution in [0.1, 0.15) is 32.2 Å². The number of pyridine rings is 1. The highest BCUT2D eigenvalue weighted by Gasteiger charge is 2.19. The number of carbonyl (C=O) groups excluding carboxylic acids is 1. The van der Waals surface area contributed by atoms with Crippen LogP contribution in [0.4, 0.5) is 0 Å². The molecule has 0 N–H and O–H groups in total. The molecule has 0 unspecified atom stereocenters. The predicted octanol–water partition coefficient (Wildman–Crippen LogP) is 2.37. The second-order valence-electron chi connectivity index (χ2n) is 4.99. The topological polar surface area (TPSA) is 34.4 Å². The van der Waals surface area contributed by atoms with Crippen molar-refractivity contribution in [2.45, 2.75) is 32.6 Å². The molecule has 0 radical (unpaired) electrons. The number of hydrogen-bond acceptors (Lipinski definition) is 2. The molecule has 0 aromatic carbocycles. The maximum absolute atomic E-state index is 10.6. The smallest absolute Gasteiger partial charge is 0.124 e. The van der Waals surface area contributed by atoms with Crippen molar-refractivity contribution in [1.29, 1.82) is 0 Å². The maximum Gasteiger partial charge on any atom is 0.124 e. The van der Waals surface area contributed by atoms with E-state index in [1.807, 2.05) is 24.5 Å². The Morgan fingerprint density at radius 3 is 2.81 bits per heavy atom. The summed E-state index contributed by atoms with van der Waals surface area (Å²) in [4.78, 5) is 15.0. The summed E-state index contributed by atoms with van der Waals surface area (Å²) in [6.07, 6.45) is 5.22. The van der Waals surface area contributed by atoms with Gasteiger partial charge in [-0.1, -0.05) is 26.8 Å². The molecule has 0 spiro atoms. The summed E-state index contributed by atoms with van der Waals surface area (Å²) in [6.45, 7) is 6.40. The summed E-state index contributed by atoms with van der Waals surface area (Å²) in [5, 5.41) is 0. The number of carbonyl (C=O) groups is 1. The lowest BCUT2D eigenvalue weighted by Crippen LogP contribution is -2.15. The highest BCUT2D eigenvalue weighted by atomic mass is 16.1. The van der Waals surface area contributed by atoms with Crippen molar-refractivity contribution >= 4 is 11.8 Å². The lowest BCUT2D eigenvalue weighted by atomic mass is 9.96. The van der Waals surface area contributed by atoms with Gasteiger partial charge in [0.25, 0.3) is 0 Å². The van der Waals surface area contributed by atoms with Crippen molar-refractivity contribution in [3.05, 3.63) is 35.9 Å². The number of aldehydes is 1. The van der Waals surface area contributed by atoms with E-state index in [0.29, 0.717) is 6.42 Å². The van der Waals surface area contributed by atoms with Crippen LogP contribution in [0.25, 0.3) is 5.52 Å². The second-order valence-corrected chi connectivity index (χ2v) is 4.99. The summed E-state index contributed by atoms with van der Waals surface area (Å²) in [5.74, 6) is 1.02. The maximum atomic E-state index is 10.6. The van der Waals surface area contributed by atoms with E-state index in [1.54, 1.807) is 0 Å². The summed E-state index contributed by atoms with van der Waals surface area (Å²) in [7, 11) is 0. The van der Waals surface area contributed by atoms with E-state index in [1.165, 1.54) is 0 Å². The molecule has 84 valence electrons. The van der Waals surface area contributed by atoms with Crippen LogP contribution in [0.5, 0.6) is 0 Å². The third-order valence-electron chi connectivity index (χ3n) is 2.63. The molecule has 3 nitrogen and oxygen atoms in total. The molecule has 0 atom stereocenters. The zero-order chi connectivity index (χ0) is 11.8. The van der Waals surface area contributed by atoms with E-state index in [9.17, 15) is 4.79 Å². The van der Waals surface area contributed by atoms with Gasteiger partial charge < -0.3 is 9.20 Å². The first-order valence-corrected chi connectivity index (χ1v) is 5.43. The lowest BCUT2D eigenvalue weighted by Gasteiger charge is -2.17. The molecule has 0 aliphatic heterocycles. The first-order valence-electron chi connectivity index (χ1n) is 5.43. The number of hydrogen-bond donors (Lipinski definition) is 0. The largest absolute Gasteiger partial charge is 0.303 e. The number of aromatic nitrogens is 2. The molecule has 0 fully saturated rings. The molecule has 2 heterocycles. The van der Waals surface area contributed by atoms with E-state index >= 15 is 0 Å². The zero-order valence-corrected chi connectivity index (χ0v) is 9.90. The van der Waals surface area contributed by atoms with Gasteiger partial charge in [0.1, 0.15) is 12.1 Å². The van der Waals surface area contributed by atoms with Crippen LogP contribution in [-0.4, -0.2) is 15.7 Å². The minimum absolute atomic E-state index is 0.00617. The molecule has 16 heavy (non-hydrogen) atoms. The summed E-state index contributed by atoms with van der Waals surface area (Å²) < 4.78 is 2.07. The molecule has 0 bridgehead atoms. The average Bonchev–Trinajstić information content (AvgIpc) is 2.62. The fourth-order valence-electron chi connectivity index (χ4n) is 1.90. The van der Waals surface area contributed by atoms with E-state index in [0.717, 1.165) is 23.2 Å². The Kier molecular flexibility index (Phi) is 2.54. The summed E-state index contributed by atoms with van der Waals surface area (Å²) in [6, 6.07) is 3.93. The van der Waals surface area contributed by atoms with Crippen LogP contribution in [-0.2, 0) is 16.6 Å². The molecule has 2 aromatic heterocycles. The van der Waals surface area contributed by atoms with Crippen molar-refractivity contribution in [2.75, 3.05) is 0 Å². The summed E-state index contributed by atoms with van der Waals surface area (Å²) >= 11 is 0. The van der Waals surface area contributed by atoms with Gasteiger partial charge in [0.15, 0.2) is 0 Å². The highest BCUT2D eigenvalue weighted by molar-refractivity contribution is 5.64. The normalized spacial score (nSPS) is 11.9. The van der Waals surface area contributed by atoms with Gasteiger partial charge in [0.05, 0.1) is 11.7 Å². The monoisotopic (exact) mass is 216 g/mol. The molecule has 2 rings (SSSR count). The Hall–Kier alpha value is -1.64. The van der Waals surface area contributed by atoms with Crippen molar-refractivity contribution < 1.29 is 4.79 Å². The molecule has 0 aliphatic carbocycles. The Labute approximate surface area is 95.1 Å². The van der Waals surface area contributed by atoms with E-state index in [4.69, 9.17) is 0 Å². The van der Waals surface area contributed by atoms with Crippen molar-refractivity contribution in [3.8, 4) is 0 Å². The Morgan fingerprint density at radius 2 is 2.19 bits per heavy atom. The molecule has 0 saturated carbocycles. The molecule has 2 aromatic rings. The van der Waals surface area contributed by atoms with Crippen LogP contribution < -0.4 is 0 Å². The third kappa shape index (κ3) is 1.73. The van der Waals surface area contributed by atoms with E-state index in [2.05, 4.69) is 30.2 Å². The first-order chi connectivity index (χ1) is 7.54. The van der Waals surface area contributed by atoms with Crippen LogP contribution >= 0.6 is 0 Å². The van der Waals surface area contributed by atoms with Crippen molar-refractivity contribution in [3.63, 3.8) is 0 Å². The van der Waals surface area contributed by atoms with Gasteiger partial charge in [-0.3, -0.25) is 0 Å². The van der Waals surface area contributed by atoms with E-state index in [-0.39, 0.29) is 5.41 Å². The molecule has 0 aliphatic rings. The summed E-state index contributed by atoms with van der Waals surface area (Å²) in [5.41, 5.74) is 2.06. The fourth-order valence-corrected chi connectivity index (χ4v) is 1.90. The number of rotatable bonds is 2. The number of nitrogens with zero attached hydrogens (tertiary/aromatic N) is 2. The standard InChI is InChI=1S/C13H16N2O/c1-13(2,3)12-14-9-11-10(6-8-16)5-4-7-15(11)12/h4-5,7-9H,6H2,1-3H3. The Balaban J connectivity index is 2.66. The van der Waals surface area contributed by atoms with Gasteiger partial charge in [0, 0.05) is 18.0 Å². The average molecular weight is 216 g/mol. The Morgan fingerprint density at radius 1 is 1.44 bits per heavy atom. The first kappa shape index (κ1) is 10.9. The highest BCUT2D eigenvalue weighted by Crippen LogP contribution is 2.23. The lowest BCUT2D eigenvalue weighted by molar-refractivity contribution is -0.107. The van der Waals surface area contributed by atoms with Crippen LogP contribution in [0.2, 0.25) is 0 Å². The van der Waals surface area contributed by atoms with Crippen molar-refractivity contribution in [2.24, 2.45) is 0 Å². The minimum Gasteiger partial charge on any atom is -0.303 e. The Bertz CT molecular complexity index is 520. The molecule has 0 amide bonds. The number of fused-ring (bicyclic) bond motifs is 1. The molecular weight excluding hydrogens is 200 g/mol. The van der Waals surface area contributed by atoms with Crippen LogP contribution in [0, 0.1) is 0 Å². The second kappa shape index (κ2) is 3.74. The number of imidazole rings is 1.